The zero-order chi connectivity index (χ0) is 17.2. The van der Waals surface area contributed by atoms with Crippen LogP contribution >= 0.6 is 22.9 Å². The van der Waals surface area contributed by atoms with Crippen molar-refractivity contribution in [3.63, 3.8) is 0 Å². The van der Waals surface area contributed by atoms with Crippen LogP contribution in [0.4, 0.5) is 0 Å². The third kappa shape index (κ3) is 3.73. The average molecular weight is 378 g/mol. The lowest BCUT2D eigenvalue weighted by atomic mass is 10.0. The minimum atomic E-state index is -0.200. The molecule has 1 aromatic carbocycles. The zero-order valence-electron chi connectivity index (χ0n) is 13.7. The molecule has 7 heteroatoms. The predicted molar refractivity (Wildman–Crippen MR) is 98.5 cm³/mol. The Morgan fingerprint density at radius 1 is 1.20 bits per heavy atom. The molecule has 0 bridgehead atoms. The quantitative estimate of drug-likeness (QED) is 0.863. The molecule has 5 nitrogen and oxygen atoms in total. The van der Waals surface area contributed by atoms with Gasteiger partial charge in [-0.1, -0.05) is 23.7 Å². The summed E-state index contributed by atoms with van der Waals surface area (Å²) in [5.74, 6) is 0.132. The molecule has 2 saturated heterocycles. The van der Waals surface area contributed by atoms with Crippen molar-refractivity contribution in [2.75, 3.05) is 19.7 Å². The lowest BCUT2D eigenvalue weighted by Gasteiger charge is -2.34. The summed E-state index contributed by atoms with van der Waals surface area (Å²) in [6, 6.07) is 9.72. The number of hydrogen-bond acceptors (Lipinski definition) is 5. The molecule has 0 spiro atoms. The van der Waals surface area contributed by atoms with Gasteiger partial charge in [0.15, 0.2) is 0 Å². The number of amides is 1. The molecule has 0 aliphatic carbocycles. The number of carbonyl (C=O) groups excluding carboxylic acids is 1. The molecule has 1 amide bonds. The van der Waals surface area contributed by atoms with Crippen molar-refractivity contribution in [1.82, 2.24) is 15.8 Å². The number of ether oxygens (including phenoxy) is 1. The highest BCUT2D eigenvalue weighted by Gasteiger charge is 2.35. The van der Waals surface area contributed by atoms with Crippen molar-refractivity contribution in [3.8, 4) is 0 Å². The standard InChI is InChI=1S/C18H20ClN3O2S/c19-14-3-1-12(2-4-14)17-10-22(6-7-24-17)18(23)16-9-15(20-21-16)13-5-8-25-11-13/h1-5,8,11,15-17,20-21H,6-7,9-10H2. The highest BCUT2D eigenvalue weighted by atomic mass is 35.5. The second-order valence-electron chi connectivity index (χ2n) is 6.38. The average Bonchev–Trinajstić information content (AvgIpc) is 3.33. The number of benzene rings is 1. The van der Waals surface area contributed by atoms with Crippen LogP contribution < -0.4 is 10.9 Å². The Bertz CT molecular complexity index is 722. The van der Waals surface area contributed by atoms with Crippen molar-refractivity contribution in [2.45, 2.75) is 24.6 Å². The van der Waals surface area contributed by atoms with E-state index in [4.69, 9.17) is 16.3 Å². The van der Waals surface area contributed by atoms with E-state index in [0.717, 1.165) is 12.0 Å². The smallest absolute Gasteiger partial charge is 0.241 e. The van der Waals surface area contributed by atoms with E-state index in [1.165, 1.54) is 5.56 Å². The molecule has 2 aliphatic heterocycles. The third-order valence-electron chi connectivity index (χ3n) is 4.77. The number of carbonyl (C=O) groups is 1. The van der Waals surface area contributed by atoms with Gasteiger partial charge >= 0.3 is 0 Å². The van der Waals surface area contributed by atoms with Gasteiger partial charge in [0.05, 0.1) is 13.2 Å². The van der Waals surface area contributed by atoms with Crippen molar-refractivity contribution in [1.29, 1.82) is 0 Å². The van der Waals surface area contributed by atoms with Gasteiger partial charge in [0, 0.05) is 17.6 Å². The molecule has 25 heavy (non-hydrogen) atoms. The second kappa shape index (κ2) is 7.43. The molecule has 3 unspecified atom stereocenters. The first-order chi connectivity index (χ1) is 12.2. The predicted octanol–water partition coefficient (Wildman–Crippen LogP) is 2.91. The summed E-state index contributed by atoms with van der Waals surface area (Å²) in [5, 5.41) is 4.88. The molecule has 4 rings (SSSR count). The SMILES string of the molecule is O=C(C1CC(c2ccsc2)NN1)N1CCOC(c2ccc(Cl)cc2)C1. The first kappa shape index (κ1) is 17.0. The Morgan fingerprint density at radius 2 is 2.04 bits per heavy atom. The van der Waals surface area contributed by atoms with Crippen LogP contribution in [0.1, 0.15) is 29.7 Å². The summed E-state index contributed by atoms with van der Waals surface area (Å²) in [6.07, 6.45) is 0.662. The molecule has 132 valence electrons. The molecule has 2 N–H and O–H groups in total. The van der Waals surface area contributed by atoms with Gasteiger partial charge in [-0.05, 0) is 46.5 Å². The highest BCUT2D eigenvalue weighted by Crippen LogP contribution is 2.27. The van der Waals surface area contributed by atoms with Crippen LogP contribution in [0.2, 0.25) is 5.02 Å². The normalized spacial score (nSPS) is 26.8. The number of nitrogens with one attached hydrogen (secondary N) is 2. The van der Waals surface area contributed by atoms with Gasteiger partial charge in [0.1, 0.15) is 12.1 Å². The molecular weight excluding hydrogens is 358 g/mol. The van der Waals surface area contributed by atoms with E-state index in [-0.39, 0.29) is 24.1 Å². The number of halogens is 1. The van der Waals surface area contributed by atoms with Gasteiger partial charge in [0.25, 0.3) is 0 Å². The molecule has 2 aliphatic rings. The fraction of sp³-hybridized carbons (Fsp3) is 0.389. The Balaban J connectivity index is 1.39. The summed E-state index contributed by atoms with van der Waals surface area (Å²) in [4.78, 5) is 14.8. The number of thiophene rings is 1. The molecular formula is C18H20ClN3O2S. The van der Waals surface area contributed by atoms with Crippen LogP contribution in [-0.2, 0) is 9.53 Å². The molecule has 0 saturated carbocycles. The van der Waals surface area contributed by atoms with Crippen molar-refractivity contribution in [3.05, 3.63) is 57.2 Å². The van der Waals surface area contributed by atoms with Crippen LogP contribution in [0.15, 0.2) is 41.1 Å². The van der Waals surface area contributed by atoms with Crippen LogP contribution in [0.3, 0.4) is 0 Å². The van der Waals surface area contributed by atoms with Gasteiger partial charge in [-0.25, -0.2) is 10.9 Å². The Hall–Kier alpha value is -1.44. The van der Waals surface area contributed by atoms with Crippen LogP contribution in [0, 0.1) is 0 Å². The minimum absolute atomic E-state index is 0.100. The molecule has 2 fully saturated rings. The summed E-state index contributed by atoms with van der Waals surface area (Å²) < 4.78 is 5.86. The van der Waals surface area contributed by atoms with Gasteiger partial charge < -0.3 is 9.64 Å². The zero-order valence-corrected chi connectivity index (χ0v) is 15.2. The molecule has 3 atom stereocenters. The summed E-state index contributed by atoms with van der Waals surface area (Å²) in [5.41, 5.74) is 8.68. The Kier molecular flexibility index (Phi) is 5.05. The van der Waals surface area contributed by atoms with Gasteiger partial charge in [-0.3, -0.25) is 4.79 Å². The topological polar surface area (TPSA) is 53.6 Å². The first-order valence-corrected chi connectivity index (χ1v) is 9.72. The maximum Gasteiger partial charge on any atom is 0.241 e. The molecule has 0 radical (unpaired) electrons. The largest absolute Gasteiger partial charge is 0.370 e. The van der Waals surface area contributed by atoms with Gasteiger partial charge in [-0.15, -0.1) is 0 Å². The fourth-order valence-corrected chi connectivity index (χ4v) is 4.20. The van der Waals surface area contributed by atoms with E-state index in [2.05, 4.69) is 27.7 Å². The van der Waals surface area contributed by atoms with Crippen molar-refractivity contribution < 1.29 is 9.53 Å². The number of rotatable bonds is 3. The van der Waals surface area contributed by atoms with Crippen LogP contribution in [-0.4, -0.2) is 36.5 Å². The lowest BCUT2D eigenvalue weighted by Crippen LogP contribution is -2.50. The maximum atomic E-state index is 12.9. The van der Waals surface area contributed by atoms with Crippen LogP contribution in [0.25, 0.3) is 0 Å². The van der Waals surface area contributed by atoms with E-state index in [0.29, 0.717) is 24.7 Å². The number of hydrogen-bond donors (Lipinski definition) is 2. The maximum absolute atomic E-state index is 12.9. The van der Waals surface area contributed by atoms with E-state index >= 15 is 0 Å². The fourth-order valence-electron chi connectivity index (χ4n) is 3.36. The summed E-state index contributed by atoms with van der Waals surface area (Å²) >= 11 is 7.63. The Morgan fingerprint density at radius 3 is 2.80 bits per heavy atom. The molecule has 2 aromatic rings. The second-order valence-corrected chi connectivity index (χ2v) is 7.60. The van der Waals surface area contributed by atoms with E-state index in [9.17, 15) is 4.79 Å². The van der Waals surface area contributed by atoms with E-state index in [1.807, 2.05) is 29.2 Å². The third-order valence-corrected chi connectivity index (χ3v) is 5.72. The summed E-state index contributed by atoms with van der Waals surface area (Å²) in [7, 11) is 0. The number of hydrazine groups is 1. The van der Waals surface area contributed by atoms with E-state index in [1.54, 1.807) is 11.3 Å². The van der Waals surface area contributed by atoms with Gasteiger partial charge in [0.2, 0.25) is 5.91 Å². The molecule has 1 aromatic heterocycles. The summed E-state index contributed by atoms with van der Waals surface area (Å²) in [6.45, 7) is 1.75. The van der Waals surface area contributed by atoms with E-state index < -0.39 is 0 Å². The number of morpholine rings is 1. The van der Waals surface area contributed by atoms with Crippen molar-refractivity contribution >= 4 is 28.8 Å². The lowest BCUT2D eigenvalue weighted by molar-refractivity contribution is -0.141. The van der Waals surface area contributed by atoms with Crippen LogP contribution in [0.5, 0.6) is 0 Å². The van der Waals surface area contributed by atoms with Crippen molar-refractivity contribution in [2.24, 2.45) is 0 Å². The number of nitrogens with zero attached hydrogens (tertiary/aromatic N) is 1. The van der Waals surface area contributed by atoms with Gasteiger partial charge in [-0.2, -0.15) is 11.3 Å². The Labute approximate surface area is 155 Å². The minimum Gasteiger partial charge on any atom is -0.370 e. The first-order valence-electron chi connectivity index (χ1n) is 8.40. The monoisotopic (exact) mass is 377 g/mol. The highest BCUT2D eigenvalue weighted by molar-refractivity contribution is 7.07. The molecule has 3 heterocycles.